The molecule has 5 heteroatoms. The Morgan fingerprint density at radius 1 is 1.33 bits per heavy atom. The molecule has 0 amide bonds. The number of aromatic nitrogens is 1. The Hall–Kier alpha value is -2.33. The molecule has 0 fully saturated rings. The average molecular weight is 304 g/mol. The number of pyridine rings is 1. The van der Waals surface area contributed by atoms with Gasteiger partial charge in [0.05, 0.1) is 5.02 Å². The van der Waals surface area contributed by atoms with E-state index in [1.54, 1.807) is 18.3 Å². The number of aliphatic carboxylic acids is 1. The fourth-order valence-corrected chi connectivity index (χ4v) is 1.90. The molecule has 108 valence electrons. The van der Waals surface area contributed by atoms with Crippen LogP contribution in [0, 0.1) is 13.8 Å². The number of carboxylic acids is 1. The Bertz CT molecular complexity index is 711. The van der Waals surface area contributed by atoms with Crippen molar-refractivity contribution in [3.8, 4) is 11.6 Å². The van der Waals surface area contributed by atoms with Crippen molar-refractivity contribution >= 4 is 23.6 Å². The molecular weight excluding hydrogens is 290 g/mol. The van der Waals surface area contributed by atoms with Gasteiger partial charge in [-0.3, -0.25) is 0 Å². The minimum Gasteiger partial charge on any atom is -0.478 e. The summed E-state index contributed by atoms with van der Waals surface area (Å²) in [6.45, 7) is 3.79. The third-order valence-electron chi connectivity index (χ3n) is 2.76. The Morgan fingerprint density at radius 2 is 2.10 bits per heavy atom. The summed E-state index contributed by atoms with van der Waals surface area (Å²) in [7, 11) is 0. The van der Waals surface area contributed by atoms with Gasteiger partial charge in [0.15, 0.2) is 0 Å². The summed E-state index contributed by atoms with van der Waals surface area (Å²) in [5.41, 5.74) is 2.52. The SMILES string of the molecule is Cc1ccc(Cl)c(Oc2ncc(/C=C/C(=O)O)cc2C)c1. The number of ether oxygens (including phenoxy) is 1. The molecule has 0 atom stereocenters. The van der Waals surface area contributed by atoms with Crippen LogP contribution >= 0.6 is 11.6 Å². The molecule has 1 heterocycles. The highest BCUT2D eigenvalue weighted by Crippen LogP contribution is 2.30. The molecule has 2 aromatic rings. The zero-order chi connectivity index (χ0) is 15.4. The highest BCUT2D eigenvalue weighted by atomic mass is 35.5. The number of hydrogen-bond acceptors (Lipinski definition) is 3. The van der Waals surface area contributed by atoms with Gasteiger partial charge in [0, 0.05) is 17.8 Å². The van der Waals surface area contributed by atoms with Crippen molar-refractivity contribution in [1.82, 2.24) is 4.98 Å². The van der Waals surface area contributed by atoms with E-state index in [1.807, 2.05) is 26.0 Å². The third-order valence-corrected chi connectivity index (χ3v) is 3.08. The maximum Gasteiger partial charge on any atom is 0.328 e. The number of carbonyl (C=O) groups is 1. The van der Waals surface area contributed by atoms with E-state index in [9.17, 15) is 4.79 Å². The van der Waals surface area contributed by atoms with Gasteiger partial charge in [-0.15, -0.1) is 0 Å². The Morgan fingerprint density at radius 3 is 2.76 bits per heavy atom. The lowest BCUT2D eigenvalue weighted by molar-refractivity contribution is -0.131. The lowest BCUT2D eigenvalue weighted by Crippen LogP contribution is -1.93. The minimum atomic E-state index is -1.00. The van der Waals surface area contributed by atoms with Gasteiger partial charge < -0.3 is 9.84 Å². The van der Waals surface area contributed by atoms with Crippen molar-refractivity contribution in [3.05, 3.63) is 58.3 Å². The molecule has 0 aliphatic carbocycles. The fourth-order valence-electron chi connectivity index (χ4n) is 1.74. The number of benzene rings is 1. The molecule has 1 N–H and O–H groups in total. The van der Waals surface area contributed by atoms with Crippen molar-refractivity contribution in [2.45, 2.75) is 13.8 Å². The van der Waals surface area contributed by atoms with Gasteiger partial charge in [-0.25, -0.2) is 9.78 Å². The van der Waals surface area contributed by atoms with E-state index in [0.717, 1.165) is 17.2 Å². The highest BCUT2D eigenvalue weighted by Gasteiger charge is 2.07. The van der Waals surface area contributed by atoms with Crippen LogP contribution in [0.1, 0.15) is 16.7 Å². The van der Waals surface area contributed by atoms with E-state index in [2.05, 4.69) is 4.98 Å². The van der Waals surface area contributed by atoms with Crippen molar-refractivity contribution in [2.24, 2.45) is 0 Å². The first-order valence-corrected chi connectivity index (χ1v) is 6.65. The molecule has 0 radical (unpaired) electrons. The van der Waals surface area contributed by atoms with Gasteiger partial charge in [0.1, 0.15) is 5.75 Å². The number of rotatable bonds is 4. The first-order chi connectivity index (χ1) is 9.95. The van der Waals surface area contributed by atoms with E-state index < -0.39 is 5.97 Å². The van der Waals surface area contributed by atoms with Crippen LogP contribution in [0.15, 0.2) is 36.5 Å². The van der Waals surface area contributed by atoms with Crippen LogP contribution in [0.5, 0.6) is 11.6 Å². The molecule has 0 unspecified atom stereocenters. The second-order valence-electron chi connectivity index (χ2n) is 4.60. The Labute approximate surface area is 127 Å². The molecule has 2 rings (SSSR count). The van der Waals surface area contributed by atoms with Crippen molar-refractivity contribution in [3.63, 3.8) is 0 Å². The van der Waals surface area contributed by atoms with Crippen molar-refractivity contribution < 1.29 is 14.6 Å². The van der Waals surface area contributed by atoms with Crippen LogP contribution in [0.3, 0.4) is 0 Å². The van der Waals surface area contributed by atoms with Crippen molar-refractivity contribution in [1.29, 1.82) is 0 Å². The summed E-state index contributed by atoms with van der Waals surface area (Å²) in [5, 5.41) is 9.11. The number of hydrogen-bond donors (Lipinski definition) is 1. The maximum atomic E-state index is 10.5. The van der Waals surface area contributed by atoms with E-state index >= 15 is 0 Å². The Kier molecular flexibility index (Phi) is 4.60. The average Bonchev–Trinajstić information content (AvgIpc) is 2.43. The second-order valence-corrected chi connectivity index (χ2v) is 5.01. The quantitative estimate of drug-likeness (QED) is 0.858. The predicted molar refractivity (Wildman–Crippen MR) is 81.9 cm³/mol. The predicted octanol–water partition coefficient (Wildman–Crippen LogP) is 4.24. The Balaban J connectivity index is 2.25. The molecule has 0 spiro atoms. The van der Waals surface area contributed by atoms with Gasteiger partial charge in [-0.2, -0.15) is 0 Å². The van der Waals surface area contributed by atoms with Gasteiger partial charge >= 0.3 is 5.97 Å². The minimum absolute atomic E-state index is 0.440. The van der Waals surface area contributed by atoms with Crippen LogP contribution < -0.4 is 4.74 Å². The smallest absolute Gasteiger partial charge is 0.328 e. The van der Waals surface area contributed by atoms with Gasteiger partial charge in [0.25, 0.3) is 0 Å². The van der Waals surface area contributed by atoms with Crippen LogP contribution in [0.25, 0.3) is 6.08 Å². The molecule has 1 aromatic heterocycles. The van der Waals surface area contributed by atoms with E-state index in [1.165, 1.54) is 6.08 Å². The lowest BCUT2D eigenvalue weighted by Gasteiger charge is -2.10. The number of halogens is 1. The summed E-state index contributed by atoms with van der Waals surface area (Å²) < 4.78 is 5.72. The van der Waals surface area contributed by atoms with Crippen molar-refractivity contribution in [2.75, 3.05) is 0 Å². The van der Waals surface area contributed by atoms with E-state index in [0.29, 0.717) is 22.2 Å². The highest BCUT2D eigenvalue weighted by molar-refractivity contribution is 6.32. The van der Waals surface area contributed by atoms with Crippen LogP contribution in [-0.4, -0.2) is 16.1 Å². The largest absolute Gasteiger partial charge is 0.478 e. The molecule has 0 saturated carbocycles. The molecule has 0 saturated heterocycles. The van der Waals surface area contributed by atoms with E-state index in [4.69, 9.17) is 21.4 Å². The molecule has 0 bridgehead atoms. The molecule has 0 aliphatic rings. The number of carboxylic acid groups (broad SMARTS) is 1. The normalized spacial score (nSPS) is 10.8. The molecule has 0 aliphatic heterocycles. The topological polar surface area (TPSA) is 59.4 Å². The first-order valence-electron chi connectivity index (χ1n) is 6.27. The second kappa shape index (κ2) is 6.41. The summed E-state index contributed by atoms with van der Waals surface area (Å²) in [4.78, 5) is 14.7. The molecule has 21 heavy (non-hydrogen) atoms. The van der Waals surface area contributed by atoms with Crippen LogP contribution in [0.4, 0.5) is 0 Å². The van der Waals surface area contributed by atoms with Crippen LogP contribution in [0.2, 0.25) is 5.02 Å². The summed E-state index contributed by atoms with van der Waals surface area (Å²) in [6, 6.07) is 7.30. The zero-order valence-electron chi connectivity index (χ0n) is 11.6. The summed E-state index contributed by atoms with van der Waals surface area (Å²) in [5.74, 6) is -0.0180. The van der Waals surface area contributed by atoms with E-state index in [-0.39, 0.29) is 0 Å². The summed E-state index contributed by atoms with van der Waals surface area (Å²) in [6.07, 6.45) is 4.09. The first kappa shape index (κ1) is 15.1. The monoisotopic (exact) mass is 303 g/mol. The lowest BCUT2D eigenvalue weighted by atomic mass is 10.2. The standard InChI is InChI=1S/C16H14ClNO3/c1-10-3-5-13(17)14(7-10)21-16-11(2)8-12(9-18-16)4-6-15(19)20/h3-9H,1-2H3,(H,19,20)/b6-4+. The molecule has 1 aromatic carbocycles. The third kappa shape index (κ3) is 4.07. The number of aryl methyl sites for hydroxylation is 2. The molecular formula is C16H14ClNO3. The molecule has 4 nitrogen and oxygen atoms in total. The van der Waals surface area contributed by atoms with Gasteiger partial charge in [0.2, 0.25) is 5.88 Å². The fraction of sp³-hybridized carbons (Fsp3) is 0.125. The number of nitrogens with zero attached hydrogens (tertiary/aromatic N) is 1. The maximum absolute atomic E-state index is 10.5. The summed E-state index contributed by atoms with van der Waals surface area (Å²) >= 11 is 6.09. The van der Waals surface area contributed by atoms with Gasteiger partial charge in [-0.05, 0) is 49.2 Å². The zero-order valence-corrected chi connectivity index (χ0v) is 12.4. The van der Waals surface area contributed by atoms with Gasteiger partial charge in [-0.1, -0.05) is 17.7 Å². The van der Waals surface area contributed by atoms with Crippen LogP contribution in [-0.2, 0) is 4.79 Å².